The largest absolute Gasteiger partial charge is 0.374 e. The molecule has 0 aliphatic carbocycles. The quantitative estimate of drug-likeness (QED) is 0.757. The van der Waals surface area contributed by atoms with Crippen LogP contribution in [0.1, 0.15) is 25.8 Å². The molecule has 14 heavy (non-hydrogen) atoms. The highest BCUT2D eigenvalue weighted by molar-refractivity contribution is 6.42. The number of benzene rings is 1. The molecule has 1 aromatic carbocycles. The maximum atomic E-state index is 5.95. The van der Waals surface area contributed by atoms with Gasteiger partial charge in [0.1, 0.15) is 0 Å². The minimum atomic E-state index is -0.284. The lowest BCUT2D eigenvalue weighted by Crippen LogP contribution is -2.22. The van der Waals surface area contributed by atoms with Gasteiger partial charge in [-0.2, -0.15) is 0 Å². The number of methoxy groups -OCH3 is 1. The van der Waals surface area contributed by atoms with Crippen LogP contribution in [0.2, 0.25) is 10.0 Å². The molecule has 0 saturated heterocycles. The molecule has 0 radical (unpaired) electrons. The van der Waals surface area contributed by atoms with Gasteiger partial charge in [-0.15, -0.1) is 0 Å². The molecule has 0 aliphatic heterocycles. The summed E-state index contributed by atoms with van der Waals surface area (Å²) in [5.74, 6) is 0. The van der Waals surface area contributed by atoms with Gasteiger partial charge in [0.15, 0.2) is 0 Å². The number of halogens is 2. The second-order valence-electron chi connectivity index (χ2n) is 3.42. The predicted molar refractivity (Wildman–Crippen MR) is 61.1 cm³/mol. The van der Waals surface area contributed by atoms with Crippen molar-refractivity contribution < 1.29 is 4.74 Å². The third-order valence-corrected chi connectivity index (χ3v) is 3.39. The zero-order valence-corrected chi connectivity index (χ0v) is 10.1. The second kappa shape index (κ2) is 4.52. The van der Waals surface area contributed by atoms with E-state index in [-0.39, 0.29) is 5.60 Å². The summed E-state index contributed by atoms with van der Waals surface area (Å²) in [6, 6.07) is 5.60. The number of ether oxygens (including phenoxy) is 1. The van der Waals surface area contributed by atoms with E-state index >= 15 is 0 Å². The van der Waals surface area contributed by atoms with Gasteiger partial charge in [-0.05, 0) is 31.0 Å². The van der Waals surface area contributed by atoms with Crippen LogP contribution < -0.4 is 0 Å². The van der Waals surface area contributed by atoms with E-state index in [9.17, 15) is 0 Å². The molecule has 1 nitrogen and oxygen atoms in total. The van der Waals surface area contributed by atoms with Crippen molar-refractivity contribution in [3.63, 3.8) is 0 Å². The molecule has 0 bridgehead atoms. The summed E-state index contributed by atoms with van der Waals surface area (Å²) in [7, 11) is 1.70. The minimum absolute atomic E-state index is 0.284. The zero-order valence-electron chi connectivity index (χ0n) is 8.60. The molecule has 0 N–H and O–H groups in total. The van der Waals surface area contributed by atoms with Crippen molar-refractivity contribution in [2.24, 2.45) is 0 Å². The van der Waals surface area contributed by atoms with Crippen molar-refractivity contribution in [1.29, 1.82) is 0 Å². The standard InChI is InChI=1S/C11H14Cl2O/c1-4-11(2,14-3)8-5-6-9(12)10(13)7-8/h5-7H,4H2,1-3H3. The fraction of sp³-hybridized carbons (Fsp3) is 0.455. The summed E-state index contributed by atoms with van der Waals surface area (Å²) in [6.45, 7) is 4.11. The number of rotatable bonds is 3. The lowest BCUT2D eigenvalue weighted by atomic mass is 9.93. The van der Waals surface area contributed by atoms with Gasteiger partial charge >= 0.3 is 0 Å². The Bertz CT molecular complexity index is 319. The molecular formula is C11H14Cl2O. The lowest BCUT2D eigenvalue weighted by molar-refractivity contribution is -0.00138. The van der Waals surface area contributed by atoms with Gasteiger partial charge in [-0.3, -0.25) is 0 Å². The van der Waals surface area contributed by atoms with Crippen molar-refractivity contribution >= 4 is 23.2 Å². The summed E-state index contributed by atoms with van der Waals surface area (Å²) in [5.41, 5.74) is 0.769. The van der Waals surface area contributed by atoms with Crippen LogP contribution in [0.25, 0.3) is 0 Å². The first-order valence-corrected chi connectivity index (χ1v) is 5.29. The molecule has 0 fully saturated rings. The first-order valence-electron chi connectivity index (χ1n) is 4.54. The topological polar surface area (TPSA) is 9.23 Å². The highest BCUT2D eigenvalue weighted by Gasteiger charge is 2.24. The van der Waals surface area contributed by atoms with Gasteiger partial charge in [0.05, 0.1) is 15.6 Å². The van der Waals surface area contributed by atoms with E-state index in [0.717, 1.165) is 12.0 Å². The van der Waals surface area contributed by atoms with E-state index in [1.165, 1.54) is 0 Å². The highest BCUT2D eigenvalue weighted by Crippen LogP contribution is 2.32. The van der Waals surface area contributed by atoms with E-state index in [4.69, 9.17) is 27.9 Å². The summed E-state index contributed by atoms with van der Waals surface area (Å²) in [6.07, 6.45) is 0.890. The Morgan fingerprint density at radius 1 is 1.29 bits per heavy atom. The average molecular weight is 233 g/mol. The summed E-state index contributed by atoms with van der Waals surface area (Å²) >= 11 is 11.8. The number of hydrogen-bond acceptors (Lipinski definition) is 1. The van der Waals surface area contributed by atoms with Gasteiger partial charge in [0.25, 0.3) is 0 Å². The number of hydrogen-bond donors (Lipinski definition) is 0. The van der Waals surface area contributed by atoms with Crippen molar-refractivity contribution in [3.05, 3.63) is 33.8 Å². The minimum Gasteiger partial charge on any atom is -0.374 e. The predicted octanol–water partition coefficient (Wildman–Crippen LogP) is 4.27. The van der Waals surface area contributed by atoms with Crippen LogP contribution in [0.3, 0.4) is 0 Å². The molecule has 78 valence electrons. The molecule has 0 amide bonds. The Balaban J connectivity index is 3.12. The lowest BCUT2D eigenvalue weighted by Gasteiger charge is -2.27. The third-order valence-electron chi connectivity index (χ3n) is 2.66. The molecule has 1 rings (SSSR count). The molecule has 1 aromatic rings. The Labute approximate surface area is 95.0 Å². The molecule has 0 saturated carbocycles. The van der Waals surface area contributed by atoms with Crippen molar-refractivity contribution in [3.8, 4) is 0 Å². The molecule has 0 heterocycles. The van der Waals surface area contributed by atoms with Crippen LogP contribution >= 0.6 is 23.2 Å². The second-order valence-corrected chi connectivity index (χ2v) is 4.23. The molecule has 1 atom stereocenters. The maximum absolute atomic E-state index is 5.95. The average Bonchev–Trinajstić information content (AvgIpc) is 2.21. The third kappa shape index (κ3) is 2.22. The van der Waals surface area contributed by atoms with Crippen LogP contribution in [0.15, 0.2) is 18.2 Å². The Morgan fingerprint density at radius 2 is 1.93 bits per heavy atom. The van der Waals surface area contributed by atoms with Gasteiger partial charge in [-0.1, -0.05) is 36.2 Å². The van der Waals surface area contributed by atoms with E-state index < -0.39 is 0 Å². The van der Waals surface area contributed by atoms with Crippen molar-refractivity contribution in [1.82, 2.24) is 0 Å². The van der Waals surface area contributed by atoms with Crippen LogP contribution in [0, 0.1) is 0 Å². The first kappa shape index (κ1) is 11.8. The molecule has 3 heteroatoms. The van der Waals surface area contributed by atoms with Crippen LogP contribution in [0.4, 0.5) is 0 Å². The SMILES string of the molecule is CCC(C)(OC)c1ccc(Cl)c(Cl)c1. The highest BCUT2D eigenvalue weighted by atomic mass is 35.5. The van der Waals surface area contributed by atoms with E-state index in [1.807, 2.05) is 19.1 Å². The molecular weight excluding hydrogens is 219 g/mol. The summed E-state index contributed by atoms with van der Waals surface area (Å²) in [5, 5.41) is 1.14. The molecule has 0 aliphatic rings. The van der Waals surface area contributed by atoms with Gasteiger partial charge in [0.2, 0.25) is 0 Å². The summed E-state index contributed by atoms with van der Waals surface area (Å²) < 4.78 is 5.47. The normalized spacial score (nSPS) is 15.2. The Kier molecular flexibility index (Phi) is 3.82. The molecule has 1 unspecified atom stereocenters. The Morgan fingerprint density at radius 3 is 2.36 bits per heavy atom. The molecule has 0 aromatic heterocycles. The van der Waals surface area contributed by atoms with Crippen molar-refractivity contribution in [2.45, 2.75) is 25.9 Å². The zero-order chi connectivity index (χ0) is 10.8. The monoisotopic (exact) mass is 232 g/mol. The maximum Gasteiger partial charge on any atom is 0.0897 e. The van der Waals surface area contributed by atoms with Crippen molar-refractivity contribution in [2.75, 3.05) is 7.11 Å². The van der Waals surface area contributed by atoms with Crippen LogP contribution in [0.5, 0.6) is 0 Å². The van der Waals surface area contributed by atoms with E-state index in [0.29, 0.717) is 10.0 Å². The smallest absolute Gasteiger partial charge is 0.0897 e. The van der Waals surface area contributed by atoms with Crippen LogP contribution in [-0.4, -0.2) is 7.11 Å². The summed E-state index contributed by atoms with van der Waals surface area (Å²) in [4.78, 5) is 0. The first-order chi connectivity index (χ1) is 6.53. The van der Waals surface area contributed by atoms with Gasteiger partial charge in [-0.25, -0.2) is 0 Å². The Hall–Kier alpha value is -0.240. The van der Waals surface area contributed by atoms with E-state index in [1.54, 1.807) is 13.2 Å². The van der Waals surface area contributed by atoms with E-state index in [2.05, 4.69) is 6.92 Å². The van der Waals surface area contributed by atoms with Crippen LogP contribution in [-0.2, 0) is 10.3 Å². The fourth-order valence-corrected chi connectivity index (χ4v) is 1.59. The fourth-order valence-electron chi connectivity index (χ4n) is 1.29. The van der Waals surface area contributed by atoms with Gasteiger partial charge in [0, 0.05) is 7.11 Å². The molecule has 0 spiro atoms. The van der Waals surface area contributed by atoms with Gasteiger partial charge < -0.3 is 4.74 Å².